The van der Waals surface area contributed by atoms with Crippen LogP contribution in [-0.2, 0) is 21.4 Å². The normalized spacial score (nSPS) is 10.2. The lowest BCUT2D eigenvalue weighted by Gasteiger charge is -2.02. The van der Waals surface area contributed by atoms with Crippen LogP contribution in [0.3, 0.4) is 0 Å². The van der Waals surface area contributed by atoms with Gasteiger partial charge in [-0.05, 0) is 12.1 Å². The fourth-order valence-corrected chi connectivity index (χ4v) is 1.50. The smallest absolute Gasteiger partial charge is 0.396 e. The van der Waals surface area contributed by atoms with Crippen LogP contribution in [0.2, 0.25) is 0 Å². The van der Waals surface area contributed by atoms with Crippen molar-refractivity contribution in [1.29, 1.82) is 0 Å². The van der Waals surface area contributed by atoms with Crippen molar-refractivity contribution in [3.8, 4) is 0 Å². The number of methoxy groups -OCH3 is 1. The molecule has 0 aliphatic heterocycles. The average Bonchev–Trinajstić information content (AvgIpc) is 2.66. The Morgan fingerprint density at radius 3 is 2.71 bits per heavy atom. The summed E-state index contributed by atoms with van der Waals surface area (Å²) in [5.74, 6) is -1.48. The first-order chi connectivity index (χ1) is 8.13. The molecule has 0 aliphatic carbocycles. The number of hydrogen-bond donors (Lipinski definition) is 1. The Hall–Kier alpha value is -2.37. The Balaban J connectivity index is 2.34. The third-order valence-electron chi connectivity index (χ3n) is 2.38. The number of imidazole rings is 1. The topological polar surface area (TPSA) is 73.2 Å². The van der Waals surface area contributed by atoms with Crippen molar-refractivity contribution < 1.29 is 14.3 Å². The molecule has 1 aromatic carbocycles. The number of aryl methyl sites for hydroxylation is 1. The molecule has 0 atom stereocenters. The van der Waals surface area contributed by atoms with Crippen molar-refractivity contribution in [1.82, 2.24) is 9.55 Å². The van der Waals surface area contributed by atoms with Gasteiger partial charge in [-0.1, -0.05) is 12.1 Å². The minimum atomic E-state index is -0.947. The van der Waals surface area contributed by atoms with Crippen LogP contribution in [0, 0.1) is 0 Å². The Kier molecular flexibility index (Phi) is 2.78. The minimum Gasteiger partial charge on any atom is -0.462 e. The van der Waals surface area contributed by atoms with Gasteiger partial charge in [0.05, 0.1) is 18.1 Å². The molecule has 1 heterocycles. The van der Waals surface area contributed by atoms with E-state index in [1.165, 1.54) is 0 Å². The maximum Gasteiger partial charge on any atom is 0.396 e. The number of hydrogen-bond acceptors (Lipinski definition) is 4. The molecule has 2 aromatic rings. The highest BCUT2D eigenvalue weighted by atomic mass is 16.5. The van der Waals surface area contributed by atoms with E-state index in [1.807, 2.05) is 24.3 Å². The lowest BCUT2D eigenvalue weighted by molar-refractivity contribution is -0.150. The van der Waals surface area contributed by atoms with Gasteiger partial charge in [-0.3, -0.25) is 10.1 Å². The van der Waals surface area contributed by atoms with E-state index in [0.717, 1.165) is 18.1 Å². The van der Waals surface area contributed by atoms with E-state index in [-0.39, 0.29) is 0 Å². The number of anilines is 1. The zero-order chi connectivity index (χ0) is 12.4. The molecule has 0 saturated carbocycles. The van der Waals surface area contributed by atoms with E-state index in [4.69, 9.17) is 0 Å². The van der Waals surface area contributed by atoms with Crippen LogP contribution in [0.15, 0.2) is 24.3 Å². The van der Waals surface area contributed by atoms with E-state index < -0.39 is 11.9 Å². The lowest BCUT2D eigenvalue weighted by Crippen LogP contribution is -2.25. The van der Waals surface area contributed by atoms with E-state index in [9.17, 15) is 9.59 Å². The quantitative estimate of drug-likeness (QED) is 0.580. The molecule has 17 heavy (non-hydrogen) atoms. The number of esters is 1. The number of carbonyl (C=O) groups excluding carboxylic acids is 2. The molecule has 1 aromatic heterocycles. The SMILES string of the molecule is COC(=O)C(=O)Nc1nc2ccccc2n1C. The van der Waals surface area contributed by atoms with Gasteiger partial charge < -0.3 is 9.30 Å². The molecule has 1 amide bonds. The van der Waals surface area contributed by atoms with Gasteiger partial charge in [-0.2, -0.15) is 0 Å². The number of ether oxygens (including phenoxy) is 1. The van der Waals surface area contributed by atoms with Crippen LogP contribution in [-0.4, -0.2) is 28.5 Å². The van der Waals surface area contributed by atoms with Crippen LogP contribution in [0.25, 0.3) is 11.0 Å². The van der Waals surface area contributed by atoms with Gasteiger partial charge >= 0.3 is 11.9 Å². The van der Waals surface area contributed by atoms with E-state index >= 15 is 0 Å². The molecule has 6 heteroatoms. The Bertz CT molecular complexity index is 589. The summed E-state index contributed by atoms with van der Waals surface area (Å²) in [5.41, 5.74) is 1.61. The summed E-state index contributed by atoms with van der Waals surface area (Å²) < 4.78 is 6.00. The standard InChI is InChI=1S/C11H11N3O3/c1-14-8-6-4-3-5-7(8)12-11(14)13-9(15)10(16)17-2/h3-6H,1-2H3,(H,12,13,15). The maximum absolute atomic E-state index is 11.3. The summed E-state index contributed by atoms with van der Waals surface area (Å²) in [6.07, 6.45) is 0. The summed E-state index contributed by atoms with van der Waals surface area (Å²) in [4.78, 5) is 26.5. The summed E-state index contributed by atoms with van der Waals surface area (Å²) in [6.45, 7) is 0. The van der Waals surface area contributed by atoms with Gasteiger partial charge in [0.2, 0.25) is 5.95 Å². The zero-order valence-corrected chi connectivity index (χ0v) is 9.43. The first-order valence-electron chi connectivity index (χ1n) is 4.94. The molecule has 0 fully saturated rings. The summed E-state index contributed by atoms with van der Waals surface area (Å²) in [7, 11) is 2.90. The molecule has 0 saturated heterocycles. The number of fused-ring (bicyclic) bond motifs is 1. The van der Waals surface area contributed by atoms with Crippen LogP contribution < -0.4 is 5.32 Å². The number of aromatic nitrogens is 2. The minimum absolute atomic E-state index is 0.307. The lowest BCUT2D eigenvalue weighted by atomic mass is 10.3. The highest BCUT2D eigenvalue weighted by Gasteiger charge is 2.17. The monoisotopic (exact) mass is 233 g/mol. The molecule has 0 bridgehead atoms. The number of para-hydroxylation sites is 2. The van der Waals surface area contributed by atoms with Crippen molar-refractivity contribution in [2.45, 2.75) is 0 Å². The molecule has 0 spiro atoms. The number of nitrogens with one attached hydrogen (secondary N) is 1. The number of amides is 1. The third kappa shape index (κ3) is 1.96. The van der Waals surface area contributed by atoms with E-state index in [2.05, 4.69) is 15.0 Å². The third-order valence-corrected chi connectivity index (χ3v) is 2.38. The summed E-state index contributed by atoms with van der Waals surface area (Å²) in [6, 6.07) is 7.41. The molecular weight excluding hydrogens is 222 g/mol. The van der Waals surface area contributed by atoms with Crippen molar-refractivity contribution in [2.75, 3.05) is 12.4 Å². The van der Waals surface area contributed by atoms with Crippen LogP contribution in [0.5, 0.6) is 0 Å². The molecule has 88 valence electrons. The molecule has 1 N–H and O–H groups in total. The molecular formula is C11H11N3O3. The van der Waals surface area contributed by atoms with Gasteiger partial charge in [0.1, 0.15) is 0 Å². The van der Waals surface area contributed by atoms with Crippen molar-refractivity contribution in [2.24, 2.45) is 7.05 Å². The van der Waals surface area contributed by atoms with Crippen molar-refractivity contribution in [3.63, 3.8) is 0 Å². The van der Waals surface area contributed by atoms with Crippen LogP contribution in [0.1, 0.15) is 0 Å². The van der Waals surface area contributed by atoms with Gasteiger partial charge in [0.25, 0.3) is 0 Å². The molecule has 2 rings (SSSR count). The zero-order valence-electron chi connectivity index (χ0n) is 9.43. The van der Waals surface area contributed by atoms with Crippen molar-refractivity contribution in [3.05, 3.63) is 24.3 Å². The second kappa shape index (κ2) is 4.25. The Morgan fingerprint density at radius 1 is 1.35 bits per heavy atom. The second-order valence-electron chi connectivity index (χ2n) is 3.43. The largest absolute Gasteiger partial charge is 0.462 e. The van der Waals surface area contributed by atoms with Gasteiger partial charge in [-0.25, -0.2) is 9.78 Å². The maximum atomic E-state index is 11.3. The predicted octanol–water partition coefficient (Wildman–Crippen LogP) is 0.685. The van der Waals surface area contributed by atoms with E-state index in [0.29, 0.717) is 5.95 Å². The second-order valence-corrected chi connectivity index (χ2v) is 3.43. The predicted molar refractivity (Wildman–Crippen MR) is 61.4 cm³/mol. The molecule has 6 nitrogen and oxygen atoms in total. The van der Waals surface area contributed by atoms with Gasteiger partial charge in [0, 0.05) is 7.05 Å². The Morgan fingerprint density at radius 2 is 2.06 bits per heavy atom. The number of carbonyl (C=O) groups is 2. The molecule has 0 unspecified atom stereocenters. The number of nitrogens with zero attached hydrogens (tertiary/aromatic N) is 2. The van der Waals surface area contributed by atoms with Crippen molar-refractivity contribution >= 4 is 28.9 Å². The fraction of sp³-hybridized carbons (Fsp3) is 0.182. The van der Waals surface area contributed by atoms with Crippen LogP contribution in [0.4, 0.5) is 5.95 Å². The Labute approximate surface area is 97.2 Å². The summed E-state index contributed by atoms with van der Waals surface area (Å²) >= 11 is 0. The van der Waals surface area contributed by atoms with Gasteiger partial charge in [-0.15, -0.1) is 0 Å². The highest BCUT2D eigenvalue weighted by molar-refractivity contribution is 6.37. The van der Waals surface area contributed by atoms with E-state index in [1.54, 1.807) is 11.6 Å². The number of benzene rings is 1. The average molecular weight is 233 g/mol. The highest BCUT2D eigenvalue weighted by Crippen LogP contribution is 2.17. The van der Waals surface area contributed by atoms with Gasteiger partial charge in [0.15, 0.2) is 0 Å². The van der Waals surface area contributed by atoms with Crippen LogP contribution >= 0.6 is 0 Å². The fourth-order valence-electron chi connectivity index (χ4n) is 1.50. The molecule has 0 aliphatic rings. The first kappa shape index (κ1) is 11.1. The summed E-state index contributed by atoms with van der Waals surface area (Å²) in [5, 5.41) is 2.39. The molecule has 0 radical (unpaired) electrons. The number of rotatable bonds is 1. The first-order valence-corrected chi connectivity index (χ1v) is 4.94.